The van der Waals surface area contributed by atoms with Crippen LogP contribution < -0.4 is 10.4 Å². The second-order valence-electron chi connectivity index (χ2n) is 4.56. The first kappa shape index (κ1) is 13.8. The second-order valence-corrected chi connectivity index (χ2v) is 4.56. The van der Waals surface area contributed by atoms with Gasteiger partial charge >= 0.3 is 11.7 Å². The van der Waals surface area contributed by atoms with Gasteiger partial charge in [0.25, 0.3) is 0 Å². The molecule has 0 atom stereocenters. The van der Waals surface area contributed by atoms with Crippen molar-refractivity contribution in [2.75, 3.05) is 6.61 Å². The van der Waals surface area contributed by atoms with Gasteiger partial charge in [-0.3, -0.25) is 4.79 Å². The Kier molecular flexibility index (Phi) is 3.82. The summed E-state index contributed by atoms with van der Waals surface area (Å²) < 4.78 is 6.68. The monoisotopic (exact) mass is 295 g/mol. The number of Topliss-reactive ketones (excluding diaryl/α,β-unsaturated/α-hetero) is 1. The smallest absolute Gasteiger partial charge is 0.350 e. The van der Waals surface area contributed by atoms with Crippen molar-refractivity contribution in [1.29, 1.82) is 0 Å². The van der Waals surface area contributed by atoms with Crippen molar-refractivity contribution in [2.24, 2.45) is 0 Å². The van der Waals surface area contributed by atoms with E-state index in [0.717, 1.165) is 0 Å². The summed E-state index contributed by atoms with van der Waals surface area (Å²) in [5, 5.41) is 6.13. The largest absolute Gasteiger partial charge is 0.455 e. The molecule has 0 aliphatic heterocycles. The maximum atomic E-state index is 12.0. The third kappa shape index (κ3) is 2.80. The molecule has 0 saturated heterocycles. The summed E-state index contributed by atoms with van der Waals surface area (Å²) in [5.74, 6) is -0.185. The van der Waals surface area contributed by atoms with Crippen molar-refractivity contribution in [3.63, 3.8) is 0 Å². The first-order chi connectivity index (χ1) is 10.8. The maximum absolute atomic E-state index is 12.0. The Balaban J connectivity index is 1.80. The van der Waals surface area contributed by atoms with Crippen molar-refractivity contribution in [3.05, 3.63) is 76.7 Å². The van der Waals surface area contributed by atoms with Crippen LogP contribution in [0, 0.1) is 0 Å². The molecule has 6 heteroatoms. The first-order valence-corrected chi connectivity index (χ1v) is 6.69. The van der Waals surface area contributed by atoms with Crippen molar-refractivity contribution in [3.8, 4) is 11.7 Å². The topological polar surface area (TPSA) is 77.0 Å². The number of hydrogen-bond acceptors (Lipinski definition) is 4. The average Bonchev–Trinajstić information content (AvgIpc) is 2.95. The highest BCUT2D eigenvalue weighted by Crippen LogP contribution is 2.12. The number of H-pyrrole nitrogens is 1. The molecule has 0 spiro atoms. The Labute approximate surface area is 126 Å². The zero-order chi connectivity index (χ0) is 15.4. The minimum absolute atomic E-state index is 0.0560. The van der Waals surface area contributed by atoms with Gasteiger partial charge in [0.15, 0.2) is 12.4 Å². The van der Waals surface area contributed by atoms with Gasteiger partial charge in [0.1, 0.15) is 0 Å². The van der Waals surface area contributed by atoms with E-state index in [1.807, 2.05) is 12.1 Å². The van der Waals surface area contributed by atoms with Crippen LogP contribution >= 0.6 is 0 Å². The third-order valence-corrected chi connectivity index (χ3v) is 3.08. The zero-order valence-electron chi connectivity index (χ0n) is 11.6. The van der Waals surface area contributed by atoms with E-state index in [0.29, 0.717) is 11.3 Å². The number of para-hydroxylation sites is 1. The van der Waals surface area contributed by atoms with Gasteiger partial charge < -0.3 is 4.74 Å². The number of ether oxygens (including phenoxy) is 1. The molecule has 1 heterocycles. The van der Waals surface area contributed by atoms with Gasteiger partial charge in [-0.2, -0.15) is 0 Å². The molecule has 0 fully saturated rings. The lowest BCUT2D eigenvalue weighted by Crippen LogP contribution is -2.18. The molecule has 0 amide bonds. The molecule has 0 aliphatic rings. The molecule has 110 valence electrons. The Morgan fingerprint density at radius 1 is 1.05 bits per heavy atom. The van der Waals surface area contributed by atoms with Gasteiger partial charge in [0, 0.05) is 5.56 Å². The number of ketones is 1. The predicted molar refractivity (Wildman–Crippen MR) is 80.5 cm³/mol. The number of aromatic amines is 1. The van der Waals surface area contributed by atoms with Crippen molar-refractivity contribution in [2.45, 2.75) is 0 Å². The van der Waals surface area contributed by atoms with Crippen LogP contribution in [0.25, 0.3) is 5.69 Å². The van der Waals surface area contributed by atoms with Gasteiger partial charge in [-0.1, -0.05) is 48.5 Å². The molecule has 1 N–H and O–H groups in total. The highest BCUT2D eigenvalue weighted by molar-refractivity contribution is 5.97. The highest BCUT2D eigenvalue weighted by atomic mass is 16.5. The Bertz CT molecular complexity index is 823. The summed E-state index contributed by atoms with van der Waals surface area (Å²) in [4.78, 5) is 23.9. The van der Waals surface area contributed by atoms with E-state index in [2.05, 4.69) is 10.2 Å². The molecule has 6 nitrogen and oxygen atoms in total. The molecule has 0 unspecified atom stereocenters. The molecule has 3 rings (SSSR count). The Morgan fingerprint density at radius 3 is 2.36 bits per heavy atom. The van der Waals surface area contributed by atoms with E-state index in [1.165, 1.54) is 4.57 Å². The number of rotatable bonds is 5. The standard InChI is InChI=1S/C16H13N3O3/c20-14(12-7-3-1-4-8-12)11-22-16-18-17-15(21)19(16)13-9-5-2-6-10-13/h1-10H,11H2,(H,17,21). The van der Waals surface area contributed by atoms with E-state index in [-0.39, 0.29) is 18.4 Å². The van der Waals surface area contributed by atoms with E-state index in [4.69, 9.17) is 4.74 Å². The number of carbonyl (C=O) groups excluding carboxylic acids is 1. The molecule has 3 aromatic rings. The number of aromatic nitrogens is 3. The summed E-state index contributed by atoms with van der Waals surface area (Å²) in [6, 6.07) is 17.8. The summed E-state index contributed by atoms with van der Waals surface area (Å²) in [5.41, 5.74) is 0.739. The lowest BCUT2D eigenvalue weighted by Gasteiger charge is -2.06. The minimum Gasteiger partial charge on any atom is -0.455 e. The zero-order valence-corrected chi connectivity index (χ0v) is 11.6. The van der Waals surface area contributed by atoms with E-state index in [1.54, 1.807) is 48.5 Å². The second kappa shape index (κ2) is 6.09. The van der Waals surface area contributed by atoms with Crippen molar-refractivity contribution < 1.29 is 9.53 Å². The molecule has 22 heavy (non-hydrogen) atoms. The molecule has 2 aromatic carbocycles. The molecular formula is C16H13N3O3. The van der Waals surface area contributed by atoms with Crippen LogP contribution in [0.15, 0.2) is 65.5 Å². The summed E-state index contributed by atoms with van der Waals surface area (Å²) >= 11 is 0. The molecule has 0 radical (unpaired) electrons. The fourth-order valence-electron chi connectivity index (χ4n) is 2.02. The van der Waals surface area contributed by atoms with Gasteiger partial charge in [-0.15, -0.1) is 5.10 Å². The van der Waals surface area contributed by atoms with Gasteiger partial charge in [0.05, 0.1) is 5.69 Å². The molecule has 1 aromatic heterocycles. The van der Waals surface area contributed by atoms with Crippen LogP contribution in [0.1, 0.15) is 10.4 Å². The summed E-state index contributed by atoms with van der Waals surface area (Å²) in [7, 11) is 0. The van der Waals surface area contributed by atoms with Gasteiger partial charge in [-0.05, 0) is 12.1 Å². The molecule has 0 saturated carbocycles. The number of carbonyl (C=O) groups is 1. The van der Waals surface area contributed by atoms with E-state index >= 15 is 0 Å². The summed E-state index contributed by atoms with van der Waals surface area (Å²) in [6.07, 6.45) is 0. The number of nitrogens with zero attached hydrogens (tertiary/aromatic N) is 2. The summed E-state index contributed by atoms with van der Waals surface area (Å²) in [6.45, 7) is -0.193. The normalized spacial score (nSPS) is 10.4. The first-order valence-electron chi connectivity index (χ1n) is 6.69. The Morgan fingerprint density at radius 2 is 1.68 bits per heavy atom. The van der Waals surface area contributed by atoms with Crippen LogP contribution in [0.2, 0.25) is 0 Å². The van der Waals surface area contributed by atoms with Crippen molar-refractivity contribution >= 4 is 5.78 Å². The average molecular weight is 295 g/mol. The number of nitrogens with one attached hydrogen (secondary N) is 1. The predicted octanol–water partition coefficient (Wildman–Crippen LogP) is 1.82. The van der Waals surface area contributed by atoms with Crippen LogP contribution in [0.3, 0.4) is 0 Å². The molecule has 0 bridgehead atoms. The third-order valence-electron chi connectivity index (χ3n) is 3.08. The molecule has 0 aliphatic carbocycles. The fourth-order valence-corrected chi connectivity index (χ4v) is 2.02. The maximum Gasteiger partial charge on any atom is 0.350 e. The van der Waals surface area contributed by atoms with Crippen molar-refractivity contribution in [1.82, 2.24) is 14.8 Å². The van der Waals surface area contributed by atoms with Crippen LogP contribution in [-0.4, -0.2) is 27.2 Å². The van der Waals surface area contributed by atoms with Gasteiger partial charge in [-0.25, -0.2) is 14.5 Å². The fraction of sp³-hybridized carbons (Fsp3) is 0.0625. The van der Waals surface area contributed by atoms with Crippen LogP contribution in [0.4, 0.5) is 0 Å². The Hall–Kier alpha value is -3.15. The number of benzene rings is 2. The quantitative estimate of drug-likeness (QED) is 0.728. The van der Waals surface area contributed by atoms with E-state index in [9.17, 15) is 9.59 Å². The van der Waals surface area contributed by atoms with Crippen LogP contribution in [0.5, 0.6) is 6.01 Å². The van der Waals surface area contributed by atoms with E-state index < -0.39 is 5.69 Å². The van der Waals surface area contributed by atoms with Crippen LogP contribution in [-0.2, 0) is 0 Å². The van der Waals surface area contributed by atoms with Gasteiger partial charge in [0.2, 0.25) is 0 Å². The number of hydrogen-bond donors (Lipinski definition) is 1. The lowest BCUT2D eigenvalue weighted by molar-refractivity contribution is 0.0912. The minimum atomic E-state index is -0.423. The highest BCUT2D eigenvalue weighted by Gasteiger charge is 2.13. The molecular weight excluding hydrogens is 282 g/mol. The lowest BCUT2D eigenvalue weighted by atomic mass is 10.1. The SMILES string of the molecule is O=C(COc1n[nH]c(=O)n1-c1ccccc1)c1ccccc1.